The van der Waals surface area contributed by atoms with Crippen LogP contribution in [0.4, 0.5) is 0 Å². The van der Waals surface area contributed by atoms with Crippen molar-refractivity contribution in [1.29, 1.82) is 0 Å². The summed E-state index contributed by atoms with van der Waals surface area (Å²) in [6.07, 6.45) is 2.13. The van der Waals surface area contributed by atoms with Crippen LogP contribution in [0.2, 0.25) is 0 Å². The zero-order valence-corrected chi connectivity index (χ0v) is 11.1. The van der Waals surface area contributed by atoms with E-state index in [1.54, 1.807) is 12.1 Å². The maximum absolute atomic E-state index is 12.0. The smallest absolute Gasteiger partial charge is 0.260 e. The molecule has 2 rings (SSSR count). The van der Waals surface area contributed by atoms with Gasteiger partial charge in [0, 0.05) is 19.1 Å². The molecule has 1 fully saturated rings. The number of hydrogen-bond donors (Lipinski definition) is 2. The number of carbonyl (C=O) groups is 1. The van der Waals surface area contributed by atoms with Gasteiger partial charge < -0.3 is 20.1 Å². The molecule has 0 spiro atoms. The fraction of sp³-hybridized carbons (Fsp3) is 0.500. The Balaban J connectivity index is 1.82. The Morgan fingerprint density at radius 2 is 2.21 bits per heavy atom. The highest BCUT2D eigenvalue weighted by molar-refractivity contribution is 5.77. The average molecular weight is 264 g/mol. The van der Waals surface area contributed by atoms with Crippen molar-refractivity contribution in [3.63, 3.8) is 0 Å². The summed E-state index contributed by atoms with van der Waals surface area (Å²) in [5.74, 6) is 0.785. The Hall–Kier alpha value is -1.75. The van der Waals surface area contributed by atoms with Crippen molar-refractivity contribution in [2.75, 3.05) is 26.7 Å². The molecule has 0 radical (unpaired) electrons. The number of rotatable bonds is 4. The van der Waals surface area contributed by atoms with Crippen LogP contribution in [0.5, 0.6) is 11.5 Å². The van der Waals surface area contributed by atoms with Gasteiger partial charge in [-0.2, -0.15) is 0 Å². The summed E-state index contributed by atoms with van der Waals surface area (Å²) in [6.45, 7) is 1.59. The van der Waals surface area contributed by atoms with Crippen LogP contribution < -0.4 is 10.1 Å². The molecule has 104 valence electrons. The Morgan fingerprint density at radius 3 is 2.89 bits per heavy atom. The lowest BCUT2D eigenvalue weighted by molar-refractivity contribution is -0.134. The molecule has 1 amide bonds. The van der Waals surface area contributed by atoms with Gasteiger partial charge in [-0.15, -0.1) is 0 Å². The highest BCUT2D eigenvalue weighted by Crippen LogP contribution is 2.16. The van der Waals surface area contributed by atoms with Gasteiger partial charge in [-0.05, 0) is 44.2 Å². The number of likely N-dealkylation sites (tertiary alicyclic amines) is 1. The molecule has 1 aliphatic heterocycles. The highest BCUT2D eigenvalue weighted by Gasteiger charge is 2.22. The molecule has 5 heteroatoms. The number of phenolic OH excluding ortho intramolecular Hbond substituents is 1. The maximum Gasteiger partial charge on any atom is 0.260 e. The van der Waals surface area contributed by atoms with Crippen LogP contribution >= 0.6 is 0 Å². The van der Waals surface area contributed by atoms with Crippen molar-refractivity contribution in [3.8, 4) is 11.5 Å². The van der Waals surface area contributed by atoms with Gasteiger partial charge in [-0.3, -0.25) is 4.79 Å². The standard InChI is InChI=1S/C14H20N2O3/c1-15-11-3-2-8-16(9-11)14(18)10-19-13-6-4-12(17)5-7-13/h4-7,11,15,17H,2-3,8-10H2,1H3. The minimum absolute atomic E-state index is 0.00743. The summed E-state index contributed by atoms with van der Waals surface area (Å²) < 4.78 is 5.42. The van der Waals surface area contributed by atoms with Gasteiger partial charge in [0.1, 0.15) is 11.5 Å². The van der Waals surface area contributed by atoms with E-state index in [1.165, 1.54) is 12.1 Å². The van der Waals surface area contributed by atoms with Gasteiger partial charge in [0.05, 0.1) is 0 Å². The SMILES string of the molecule is CNC1CCCN(C(=O)COc2ccc(O)cc2)C1. The Bertz CT molecular complexity index is 419. The fourth-order valence-corrected chi connectivity index (χ4v) is 2.22. The fourth-order valence-electron chi connectivity index (χ4n) is 2.22. The normalized spacial score (nSPS) is 19.2. The molecule has 1 aliphatic rings. The first-order valence-corrected chi connectivity index (χ1v) is 6.56. The zero-order chi connectivity index (χ0) is 13.7. The van der Waals surface area contributed by atoms with Crippen LogP contribution in [0.15, 0.2) is 24.3 Å². The molecule has 1 atom stereocenters. The number of phenols is 1. The first kappa shape index (κ1) is 13.7. The summed E-state index contributed by atoms with van der Waals surface area (Å²) in [7, 11) is 1.92. The number of hydrogen-bond acceptors (Lipinski definition) is 4. The number of ether oxygens (including phenoxy) is 1. The third-order valence-electron chi connectivity index (χ3n) is 3.38. The molecule has 1 aromatic carbocycles. The number of amides is 1. The summed E-state index contributed by atoms with van der Waals surface area (Å²) >= 11 is 0. The number of carbonyl (C=O) groups excluding carboxylic acids is 1. The number of piperidine rings is 1. The average Bonchev–Trinajstić information content (AvgIpc) is 2.46. The van der Waals surface area contributed by atoms with E-state index in [0.717, 1.165) is 25.9 Å². The molecule has 1 saturated heterocycles. The lowest BCUT2D eigenvalue weighted by Crippen LogP contribution is -2.48. The summed E-state index contributed by atoms with van der Waals surface area (Å²) in [5.41, 5.74) is 0. The Kier molecular flexibility index (Phi) is 4.63. The summed E-state index contributed by atoms with van der Waals surface area (Å²) in [6, 6.07) is 6.76. The van der Waals surface area contributed by atoms with Crippen LogP contribution in [-0.4, -0.2) is 48.7 Å². The number of nitrogens with zero attached hydrogens (tertiary/aromatic N) is 1. The second-order valence-electron chi connectivity index (χ2n) is 4.75. The van der Waals surface area contributed by atoms with Crippen molar-refractivity contribution in [2.24, 2.45) is 0 Å². The van der Waals surface area contributed by atoms with E-state index in [4.69, 9.17) is 9.84 Å². The lowest BCUT2D eigenvalue weighted by atomic mass is 10.1. The molecule has 5 nitrogen and oxygen atoms in total. The van der Waals surface area contributed by atoms with Gasteiger partial charge in [0.15, 0.2) is 6.61 Å². The minimum Gasteiger partial charge on any atom is -0.508 e. The molecule has 0 saturated carbocycles. The first-order valence-electron chi connectivity index (χ1n) is 6.56. The van der Waals surface area contributed by atoms with Gasteiger partial charge >= 0.3 is 0 Å². The van der Waals surface area contributed by atoms with E-state index >= 15 is 0 Å². The topological polar surface area (TPSA) is 61.8 Å². The lowest BCUT2D eigenvalue weighted by Gasteiger charge is -2.32. The molecular weight excluding hydrogens is 244 g/mol. The van der Waals surface area contributed by atoms with Crippen LogP contribution in [0.3, 0.4) is 0 Å². The molecule has 0 aromatic heterocycles. The van der Waals surface area contributed by atoms with Gasteiger partial charge in [-0.25, -0.2) is 0 Å². The highest BCUT2D eigenvalue weighted by atomic mass is 16.5. The molecule has 0 bridgehead atoms. The van der Waals surface area contributed by atoms with Crippen LogP contribution in [0.1, 0.15) is 12.8 Å². The summed E-state index contributed by atoms with van der Waals surface area (Å²) in [4.78, 5) is 13.9. The van der Waals surface area contributed by atoms with Crippen molar-refractivity contribution >= 4 is 5.91 Å². The predicted molar refractivity (Wildman–Crippen MR) is 72.3 cm³/mol. The molecular formula is C14H20N2O3. The molecule has 0 aliphatic carbocycles. The third kappa shape index (κ3) is 3.86. The first-order chi connectivity index (χ1) is 9.19. The summed E-state index contributed by atoms with van der Waals surface area (Å²) in [5, 5.41) is 12.4. The minimum atomic E-state index is 0.00743. The van der Waals surface area contributed by atoms with E-state index in [2.05, 4.69) is 5.32 Å². The number of aromatic hydroxyl groups is 1. The van der Waals surface area contributed by atoms with Gasteiger partial charge in [-0.1, -0.05) is 0 Å². The van der Waals surface area contributed by atoms with E-state index < -0.39 is 0 Å². The quantitative estimate of drug-likeness (QED) is 0.851. The van der Waals surface area contributed by atoms with Crippen LogP contribution in [0, 0.1) is 0 Å². The van der Waals surface area contributed by atoms with E-state index in [9.17, 15) is 4.79 Å². The largest absolute Gasteiger partial charge is 0.508 e. The number of benzene rings is 1. The monoisotopic (exact) mass is 264 g/mol. The van der Waals surface area contributed by atoms with Crippen LogP contribution in [0.25, 0.3) is 0 Å². The van der Waals surface area contributed by atoms with Crippen molar-refractivity contribution in [3.05, 3.63) is 24.3 Å². The number of nitrogens with one attached hydrogen (secondary N) is 1. The maximum atomic E-state index is 12.0. The molecule has 2 N–H and O–H groups in total. The Labute approximate surface area is 113 Å². The molecule has 1 unspecified atom stereocenters. The predicted octanol–water partition coefficient (Wildman–Crippen LogP) is 0.981. The van der Waals surface area contributed by atoms with E-state index in [-0.39, 0.29) is 18.3 Å². The van der Waals surface area contributed by atoms with Crippen LogP contribution in [-0.2, 0) is 4.79 Å². The Morgan fingerprint density at radius 1 is 1.47 bits per heavy atom. The third-order valence-corrected chi connectivity index (χ3v) is 3.38. The second kappa shape index (κ2) is 6.43. The molecule has 1 aromatic rings. The van der Waals surface area contributed by atoms with E-state index in [0.29, 0.717) is 11.8 Å². The van der Waals surface area contributed by atoms with Gasteiger partial charge in [0.25, 0.3) is 5.91 Å². The number of likely N-dealkylation sites (N-methyl/N-ethyl adjacent to an activating group) is 1. The second-order valence-corrected chi connectivity index (χ2v) is 4.75. The van der Waals surface area contributed by atoms with Crippen molar-refractivity contribution in [2.45, 2.75) is 18.9 Å². The van der Waals surface area contributed by atoms with E-state index in [1.807, 2.05) is 11.9 Å². The zero-order valence-electron chi connectivity index (χ0n) is 11.1. The molecule has 1 heterocycles. The molecule has 19 heavy (non-hydrogen) atoms. The van der Waals surface area contributed by atoms with Crippen molar-refractivity contribution < 1.29 is 14.6 Å². The van der Waals surface area contributed by atoms with Gasteiger partial charge in [0.2, 0.25) is 0 Å². The van der Waals surface area contributed by atoms with Crippen molar-refractivity contribution in [1.82, 2.24) is 10.2 Å².